The summed E-state index contributed by atoms with van der Waals surface area (Å²) < 4.78 is 11.5. The fraction of sp³-hybridized carbons (Fsp3) is 0.180. The van der Waals surface area contributed by atoms with Crippen molar-refractivity contribution in [1.29, 1.82) is 0 Å². The van der Waals surface area contributed by atoms with Crippen LogP contribution >= 0.6 is 23.2 Å². The average Bonchev–Trinajstić information content (AvgIpc) is 3.92. The molecule has 2 saturated heterocycles. The van der Waals surface area contributed by atoms with Crippen LogP contribution in [0.5, 0.6) is 11.5 Å². The summed E-state index contributed by atoms with van der Waals surface area (Å²) in [5, 5.41) is 15.2. The molecule has 2 aliphatic carbocycles. The van der Waals surface area contributed by atoms with Crippen molar-refractivity contribution in [1.82, 2.24) is 9.99 Å². The molecule has 1 saturated carbocycles. The van der Waals surface area contributed by atoms with Crippen LogP contribution in [0.2, 0.25) is 10.0 Å². The number of amides is 4. The van der Waals surface area contributed by atoms with Crippen molar-refractivity contribution in [3.05, 3.63) is 160 Å². The van der Waals surface area contributed by atoms with E-state index in [1.54, 1.807) is 73.8 Å². The molecule has 0 spiro atoms. The summed E-state index contributed by atoms with van der Waals surface area (Å²) in [6.07, 6.45) is 2.23. The summed E-state index contributed by atoms with van der Waals surface area (Å²) in [6.45, 7) is 0. The van der Waals surface area contributed by atoms with Crippen molar-refractivity contribution < 1.29 is 33.4 Å². The Hall–Kier alpha value is -6.95. The molecule has 11 rings (SSSR count). The molecular formula is C50H36Cl2N4O7. The number of carbonyl (C=O) groups is 4. The summed E-state index contributed by atoms with van der Waals surface area (Å²) in [7, 11) is 1.54. The lowest BCUT2D eigenvalue weighted by Crippen LogP contribution is -2.53. The van der Waals surface area contributed by atoms with Crippen molar-refractivity contribution >= 4 is 80.1 Å². The van der Waals surface area contributed by atoms with Gasteiger partial charge in [-0.2, -0.15) is 5.01 Å². The highest BCUT2D eigenvalue weighted by molar-refractivity contribution is 6.36. The zero-order valence-electron chi connectivity index (χ0n) is 33.5. The van der Waals surface area contributed by atoms with Gasteiger partial charge in [0.05, 0.1) is 46.7 Å². The van der Waals surface area contributed by atoms with Crippen LogP contribution in [0.3, 0.4) is 0 Å². The third-order valence-corrected chi connectivity index (χ3v) is 14.0. The first-order chi connectivity index (χ1) is 30.6. The number of para-hydroxylation sites is 2. The molecule has 6 aromatic carbocycles. The second kappa shape index (κ2) is 14.6. The van der Waals surface area contributed by atoms with E-state index in [0.717, 1.165) is 10.4 Å². The summed E-state index contributed by atoms with van der Waals surface area (Å²) in [4.78, 5) is 66.4. The van der Waals surface area contributed by atoms with E-state index in [1.807, 2.05) is 60.7 Å². The number of aromatic nitrogens is 1. The number of imide groups is 2. The first-order valence-corrected chi connectivity index (χ1v) is 21.3. The summed E-state index contributed by atoms with van der Waals surface area (Å²) >= 11 is 12.9. The number of phenols is 1. The Kier molecular flexibility index (Phi) is 9.01. The lowest BCUT2D eigenvalue weighted by molar-refractivity contribution is -0.138. The van der Waals surface area contributed by atoms with Crippen LogP contribution in [-0.2, 0) is 24.6 Å². The van der Waals surface area contributed by atoms with E-state index < -0.39 is 52.7 Å². The Morgan fingerprint density at radius 1 is 0.825 bits per heavy atom. The molecule has 13 heteroatoms. The Labute approximate surface area is 370 Å². The van der Waals surface area contributed by atoms with Gasteiger partial charge in [-0.3, -0.25) is 29.5 Å². The minimum Gasteiger partial charge on any atom is -0.508 e. The maximum Gasteiger partial charge on any atom is 0.260 e. The normalized spacial score (nSPS) is 24.1. The van der Waals surface area contributed by atoms with Crippen LogP contribution in [-0.4, -0.2) is 45.8 Å². The minimum absolute atomic E-state index is 0.0572. The van der Waals surface area contributed by atoms with Gasteiger partial charge in [0.25, 0.3) is 11.8 Å². The maximum atomic E-state index is 15.8. The first-order valence-electron chi connectivity index (χ1n) is 20.6. The highest BCUT2D eigenvalue weighted by atomic mass is 35.5. The summed E-state index contributed by atoms with van der Waals surface area (Å²) in [5.41, 5.74) is 5.75. The molecular weight excluding hydrogens is 839 g/mol. The molecule has 7 aromatic rings. The predicted molar refractivity (Wildman–Crippen MR) is 238 cm³/mol. The molecule has 4 amide bonds. The van der Waals surface area contributed by atoms with Gasteiger partial charge < -0.3 is 14.3 Å². The van der Waals surface area contributed by atoms with Gasteiger partial charge in [0.15, 0.2) is 5.58 Å². The van der Waals surface area contributed by atoms with Crippen LogP contribution in [0.25, 0.3) is 33.3 Å². The number of rotatable bonds is 7. The fourth-order valence-corrected chi connectivity index (χ4v) is 11.2. The zero-order valence-corrected chi connectivity index (χ0v) is 35.0. The Morgan fingerprint density at radius 2 is 1.59 bits per heavy atom. The largest absolute Gasteiger partial charge is 0.508 e. The lowest BCUT2D eigenvalue weighted by atomic mass is 9.48. The van der Waals surface area contributed by atoms with E-state index in [-0.39, 0.29) is 35.2 Å². The number of hydrazine groups is 1. The van der Waals surface area contributed by atoms with Gasteiger partial charge in [-0.25, -0.2) is 4.98 Å². The smallest absolute Gasteiger partial charge is 0.260 e. The second-order valence-corrected chi connectivity index (χ2v) is 17.3. The lowest BCUT2D eigenvalue weighted by Gasteiger charge is -2.51. The van der Waals surface area contributed by atoms with Gasteiger partial charge in [0.1, 0.15) is 17.0 Å². The topological polar surface area (TPSA) is 142 Å². The number of halogens is 2. The molecule has 0 radical (unpaired) electrons. The first kappa shape index (κ1) is 38.9. The number of benzene rings is 6. The van der Waals surface area contributed by atoms with Crippen LogP contribution in [0.4, 0.5) is 11.4 Å². The number of ether oxygens (including phenoxy) is 1. The molecule has 1 aromatic heterocycles. The minimum atomic E-state index is -1.65. The molecule has 6 atom stereocenters. The Bertz CT molecular complexity index is 3080. The number of methoxy groups -OCH3 is 1. The average molecular weight is 876 g/mol. The van der Waals surface area contributed by atoms with E-state index in [1.165, 1.54) is 11.0 Å². The van der Waals surface area contributed by atoms with Crippen LogP contribution in [0, 0.1) is 23.7 Å². The van der Waals surface area contributed by atoms with Crippen molar-refractivity contribution in [2.45, 2.75) is 24.2 Å². The Morgan fingerprint density at radius 3 is 2.35 bits per heavy atom. The maximum absolute atomic E-state index is 15.8. The number of carbonyl (C=O) groups excluding carboxylic acids is 4. The standard InChI is InChI=1S/C50H36Cl2N4O7/c1-62-31-18-13-28(14-19-31)50-36(47(59)56(49(50)61)54-38-22-15-29(51)24-37(38)52)25-35-33(44(50)43-32-7-3-2-6-26(32)12-23-40(43)57)20-21-34-42(35)48(60)55(46(34)58)30-16-10-27(11-17-30)45-53-39-8-4-5-9-41(39)63-45/h2-20,22-24,34-36,42,44,54,57H,21,25H2,1H3. The molecule has 312 valence electrons. The van der Waals surface area contributed by atoms with Crippen molar-refractivity contribution in [3.63, 3.8) is 0 Å². The van der Waals surface area contributed by atoms with E-state index in [0.29, 0.717) is 61.1 Å². The molecule has 63 heavy (non-hydrogen) atoms. The third-order valence-electron chi connectivity index (χ3n) is 13.5. The Balaban J connectivity index is 1.06. The quantitative estimate of drug-likeness (QED) is 0.118. The SMILES string of the molecule is COc1ccc(C23C(=O)N(Nc4ccc(Cl)cc4Cl)C(=O)C2CC2C(=CCC4C(=O)N(c5ccc(-c6nc7ccccc7o6)cc5)C(=O)C42)C3c2c(O)ccc3ccccc23)cc1. The number of phenolic OH excluding ortho intramolecular Hbond substituents is 1. The van der Waals surface area contributed by atoms with E-state index in [4.69, 9.17) is 32.4 Å². The number of nitrogens with one attached hydrogen (secondary N) is 1. The van der Waals surface area contributed by atoms with Crippen LogP contribution in [0.15, 0.2) is 143 Å². The van der Waals surface area contributed by atoms with Gasteiger partial charge in [-0.15, -0.1) is 0 Å². The molecule has 11 nitrogen and oxygen atoms in total. The highest BCUT2D eigenvalue weighted by Crippen LogP contribution is 2.65. The highest BCUT2D eigenvalue weighted by Gasteiger charge is 2.71. The van der Waals surface area contributed by atoms with Crippen molar-refractivity contribution in [2.24, 2.45) is 23.7 Å². The number of oxazole rings is 1. The van der Waals surface area contributed by atoms with Crippen LogP contribution < -0.4 is 15.1 Å². The van der Waals surface area contributed by atoms with Gasteiger partial charge in [0.2, 0.25) is 17.7 Å². The van der Waals surface area contributed by atoms with Gasteiger partial charge in [-0.1, -0.05) is 89.4 Å². The molecule has 2 N–H and O–H groups in total. The van der Waals surface area contributed by atoms with Gasteiger partial charge >= 0.3 is 0 Å². The van der Waals surface area contributed by atoms with E-state index in [9.17, 15) is 9.90 Å². The number of hydrogen-bond acceptors (Lipinski definition) is 9. The summed E-state index contributed by atoms with van der Waals surface area (Å²) in [6, 6.07) is 37.1. The number of allylic oxidation sites excluding steroid dienone is 2. The zero-order chi connectivity index (χ0) is 43.3. The van der Waals surface area contributed by atoms with Crippen molar-refractivity contribution in [2.75, 3.05) is 17.4 Å². The van der Waals surface area contributed by atoms with Crippen molar-refractivity contribution in [3.8, 4) is 23.0 Å². The van der Waals surface area contributed by atoms with Crippen LogP contribution in [0.1, 0.15) is 29.9 Å². The fourth-order valence-electron chi connectivity index (χ4n) is 10.7. The monoisotopic (exact) mass is 874 g/mol. The third kappa shape index (κ3) is 5.76. The molecule has 6 unspecified atom stereocenters. The van der Waals surface area contributed by atoms with Gasteiger partial charge in [-0.05, 0) is 108 Å². The van der Waals surface area contributed by atoms with E-state index in [2.05, 4.69) is 10.4 Å². The molecule has 0 bridgehead atoms. The predicted octanol–water partition coefficient (Wildman–Crippen LogP) is 9.86. The second-order valence-electron chi connectivity index (χ2n) is 16.5. The van der Waals surface area contributed by atoms with Gasteiger partial charge in [0, 0.05) is 22.1 Å². The number of nitrogens with zero attached hydrogens (tertiary/aromatic N) is 3. The molecule has 3 heterocycles. The van der Waals surface area contributed by atoms with E-state index >= 15 is 14.4 Å². The number of fused-ring (bicyclic) bond motifs is 6. The molecule has 2 aliphatic heterocycles. The number of aromatic hydroxyl groups is 1. The number of anilines is 2. The molecule has 3 fully saturated rings. The molecule has 4 aliphatic rings. The number of hydrogen-bond donors (Lipinski definition) is 2. The summed E-state index contributed by atoms with van der Waals surface area (Å²) in [5.74, 6) is -5.28.